The van der Waals surface area contributed by atoms with E-state index in [4.69, 9.17) is 10.5 Å². The Labute approximate surface area is 126 Å². The molecule has 1 aliphatic carbocycles. The highest BCUT2D eigenvalue weighted by Gasteiger charge is 2.28. The van der Waals surface area contributed by atoms with Gasteiger partial charge >= 0.3 is 0 Å². The molecular formula is C17H27NO3. The zero-order valence-electron chi connectivity index (χ0n) is 12.6. The molecule has 118 valence electrons. The van der Waals surface area contributed by atoms with Crippen LogP contribution in [0.25, 0.3) is 0 Å². The standard InChI is InChI=1S/C17H27NO3/c18-12-15(19)10-14-6-5-7-16(11-14)21-13-17(20)8-3-1-2-4-9-17/h5-7,11,15,19-20H,1-4,8-10,12-13,18H2/t15-/m0/s1. The van der Waals surface area contributed by atoms with Gasteiger partial charge in [0, 0.05) is 6.54 Å². The van der Waals surface area contributed by atoms with Crippen LogP contribution in [0.3, 0.4) is 0 Å². The van der Waals surface area contributed by atoms with E-state index in [9.17, 15) is 10.2 Å². The topological polar surface area (TPSA) is 75.7 Å². The van der Waals surface area contributed by atoms with Crippen LogP contribution in [0.1, 0.15) is 44.1 Å². The third kappa shape index (κ3) is 5.30. The largest absolute Gasteiger partial charge is 0.491 e. The summed E-state index contributed by atoms with van der Waals surface area (Å²) in [6.07, 6.45) is 6.19. The average Bonchev–Trinajstić information content (AvgIpc) is 2.71. The Morgan fingerprint density at radius 1 is 1.19 bits per heavy atom. The lowest BCUT2D eigenvalue weighted by molar-refractivity contribution is -0.0173. The molecule has 0 bridgehead atoms. The monoisotopic (exact) mass is 293 g/mol. The molecule has 1 atom stereocenters. The first kappa shape index (κ1) is 16.3. The normalized spacial score (nSPS) is 19.8. The van der Waals surface area contributed by atoms with Gasteiger partial charge < -0.3 is 20.7 Å². The smallest absolute Gasteiger partial charge is 0.119 e. The van der Waals surface area contributed by atoms with E-state index >= 15 is 0 Å². The van der Waals surface area contributed by atoms with E-state index in [1.165, 1.54) is 12.8 Å². The van der Waals surface area contributed by atoms with Crippen LogP contribution in [0.15, 0.2) is 24.3 Å². The summed E-state index contributed by atoms with van der Waals surface area (Å²) >= 11 is 0. The Balaban J connectivity index is 1.91. The highest BCUT2D eigenvalue weighted by Crippen LogP contribution is 2.28. The van der Waals surface area contributed by atoms with Crippen LogP contribution in [0.5, 0.6) is 5.75 Å². The SMILES string of the molecule is NC[C@@H](O)Cc1cccc(OCC2(O)CCCCCC2)c1. The van der Waals surface area contributed by atoms with Crippen molar-refractivity contribution in [1.82, 2.24) is 0 Å². The third-order valence-corrected chi connectivity index (χ3v) is 4.18. The molecule has 0 spiro atoms. The minimum Gasteiger partial charge on any atom is -0.491 e. The van der Waals surface area contributed by atoms with Crippen molar-refractivity contribution >= 4 is 0 Å². The number of rotatable bonds is 6. The zero-order chi connectivity index (χ0) is 15.1. The summed E-state index contributed by atoms with van der Waals surface area (Å²) < 4.78 is 5.80. The number of benzene rings is 1. The highest BCUT2D eigenvalue weighted by atomic mass is 16.5. The minimum absolute atomic E-state index is 0.255. The van der Waals surface area contributed by atoms with Crippen molar-refractivity contribution in [1.29, 1.82) is 0 Å². The Morgan fingerprint density at radius 3 is 2.57 bits per heavy atom. The molecule has 1 fully saturated rings. The maximum atomic E-state index is 10.6. The molecule has 21 heavy (non-hydrogen) atoms. The molecule has 1 saturated carbocycles. The molecule has 0 aliphatic heterocycles. The van der Waals surface area contributed by atoms with Crippen LogP contribution in [-0.2, 0) is 6.42 Å². The van der Waals surface area contributed by atoms with Gasteiger partial charge in [-0.25, -0.2) is 0 Å². The van der Waals surface area contributed by atoms with Gasteiger partial charge in [-0.15, -0.1) is 0 Å². The fourth-order valence-electron chi connectivity index (χ4n) is 2.87. The first-order chi connectivity index (χ1) is 10.1. The van der Waals surface area contributed by atoms with Gasteiger partial charge in [0.1, 0.15) is 12.4 Å². The summed E-state index contributed by atoms with van der Waals surface area (Å²) in [5, 5.41) is 20.2. The fourth-order valence-corrected chi connectivity index (χ4v) is 2.87. The van der Waals surface area contributed by atoms with Crippen LogP contribution < -0.4 is 10.5 Å². The van der Waals surface area contributed by atoms with Crippen molar-refractivity contribution in [3.05, 3.63) is 29.8 Å². The van der Waals surface area contributed by atoms with E-state index in [2.05, 4.69) is 0 Å². The van der Waals surface area contributed by atoms with E-state index < -0.39 is 11.7 Å². The molecule has 0 aromatic heterocycles. The third-order valence-electron chi connectivity index (χ3n) is 4.18. The maximum absolute atomic E-state index is 10.6. The van der Waals surface area contributed by atoms with E-state index in [1.807, 2.05) is 24.3 Å². The van der Waals surface area contributed by atoms with Crippen molar-refractivity contribution in [2.75, 3.05) is 13.2 Å². The molecular weight excluding hydrogens is 266 g/mol. The second-order valence-electron chi connectivity index (χ2n) is 6.17. The number of aliphatic hydroxyl groups is 2. The molecule has 0 amide bonds. The van der Waals surface area contributed by atoms with Crippen LogP contribution in [0.4, 0.5) is 0 Å². The number of aliphatic hydroxyl groups excluding tert-OH is 1. The van der Waals surface area contributed by atoms with E-state index in [0.717, 1.165) is 37.0 Å². The fraction of sp³-hybridized carbons (Fsp3) is 0.647. The van der Waals surface area contributed by atoms with Crippen LogP contribution in [-0.4, -0.2) is 35.1 Å². The number of hydrogen-bond donors (Lipinski definition) is 3. The minimum atomic E-state index is -0.691. The molecule has 4 N–H and O–H groups in total. The summed E-state index contributed by atoms with van der Waals surface area (Å²) in [6, 6.07) is 7.66. The predicted molar refractivity (Wildman–Crippen MR) is 83.4 cm³/mol. The molecule has 0 saturated heterocycles. The van der Waals surface area contributed by atoms with Gasteiger partial charge in [-0.2, -0.15) is 0 Å². The van der Waals surface area contributed by atoms with E-state index in [1.54, 1.807) is 0 Å². The zero-order valence-corrected chi connectivity index (χ0v) is 12.6. The molecule has 0 unspecified atom stereocenters. The first-order valence-electron chi connectivity index (χ1n) is 7.93. The molecule has 1 aromatic carbocycles. The van der Waals surface area contributed by atoms with Gasteiger partial charge in [-0.3, -0.25) is 0 Å². The van der Waals surface area contributed by atoms with Gasteiger partial charge in [-0.05, 0) is 37.0 Å². The second-order valence-corrected chi connectivity index (χ2v) is 6.17. The van der Waals surface area contributed by atoms with E-state index in [-0.39, 0.29) is 6.54 Å². The van der Waals surface area contributed by atoms with Crippen molar-refractivity contribution in [2.24, 2.45) is 5.73 Å². The van der Waals surface area contributed by atoms with Gasteiger partial charge in [0.15, 0.2) is 0 Å². The van der Waals surface area contributed by atoms with Gasteiger partial charge in [-0.1, -0.05) is 37.8 Å². The van der Waals surface area contributed by atoms with Gasteiger partial charge in [0.2, 0.25) is 0 Å². The molecule has 2 rings (SSSR count). The molecule has 0 radical (unpaired) electrons. The number of ether oxygens (including phenoxy) is 1. The van der Waals surface area contributed by atoms with E-state index in [0.29, 0.717) is 13.0 Å². The lowest BCUT2D eigenvalue weighted by atomic mass is 9.96. The van der Waals surface area contributed by atoms with Gasteiger partial charge in [0.25, 0.3) is 0 Å². The van der Waals surface area contributed by atoms with Crippen LogP contribution in [0.2, 0.25) is 0 Å². The Bertz CT molecular complexity index is 428. The summed E-state index contributed by atoms with van der Waals surface area (Å²) in [4.78, 5) is 0. The second kappa shape index (κ2) is 7.78. The summed E-state index contributed by atoms with van der Waals surface area (Å²) in [5.74, 6) is 0.745. The summed E-state index contributed by atoms with van der Waals surface area (Å²) in [6.45, 7) is 0.598. The molecule has 1 aromatic rings. The lowest BCUT2D eigenvalue weighted by Crippen LogP contribution is -2.35. The predicted octanol–water partition coefficient (Wildman–Crippen LogP) is 2.01. The number of nitrogens with two attached hydrogens (primary N) is 1. The maximum Gasteiger partial charge on any atom is 0.119 e. The lowest BCUT2D eigenvalue weighted by Gasteiger charge is -2.26. The first-order valence-corrected chi connectivity index (χ1v) is 7.93. The summed E-state index contributed by atoms with van der Waals surface area (Å²) in [5.41, 5.74) is 5.74. The highest BCUT2D eigenvalue weighted by molar-refractivity contribution is 5.29. The van der Waals surface area contributed by atoms with Crippen molar-refractivity contribution < 1.29 is 14.9 Å². The van der Waals surface area contributed by atoms with Crippen LogP contribution in [0, 0.1) is 0 Å². The van der Waals surface area contributed by atoms with Crippen molar-refractivity contribution in [2.45, 2.75) is 56.7 Å². The molecule has 0 heterocycles. The molecule has 4 nitrogen and oxygen atoms in total. The average molecular weight is 293 g/mol. The quantitative estimate of drug-likeness (QED) is 0.701. The Kier molecular flexibility index (Phi) is 6.03. The van der Waals surface area contributed by atoms with Crippen molar-refractivity contribution in [3.8, 4) is 5.75 Å². The van der Waals surface area contributed by atoms with Crippen molar-refractivity contribution in [3.63, 3.8) is 0 Å². The van der Waals surface area contributed by atoms with Crippen LogP contribution >= 0.6 is 0 Å². The molecule has 1 aliphatic rings. The Hall–Kier alpha value is -1.10. The Morgan fingerprint density at radius 2 is 1.90 bits per heavy atom. The number of hydrogen-bond acceptors (Lipinski definition) is 4. The van der Waals surface area contributed by atoms with Gasteiger partial charge in [0.05, 0.1) is 11.7 Å². The molecule has 4 heteroatoms. The summed E-state index contributed by atoms with van der Waals surface area (Å²) in [7, 11) is 0.